The van der Waals surface area contributed by atoms with Gasteiger partial charge in [-0.2, -0.15) is 5.26 Å². The number of aryl methyl sites for hydroxylation is 1. The Morgan fingerprint density at radius 1 is 1.36 bits per heavy atom. The monoisotopic (exact) mass is 377 g/mol. The van der Waals surface area contributed by atoms with Crippen molar-refractivity contribution in [2.24, 2.45) is 7.05 Å². The largest absolute Gasteiger partial charge is 0.495 e. The fraction of sp³-hybridized carbons (Fsp3) is 0.350. The molecular weight excluding hydrogens is 354 g/mol. The number of rotatable bonds is 4. The first-order chi connectivity index (χ1) is 13.6. The number of hydrogen-bond acceptors (Lipinski definition) is 7. The van der Waals surface area contributed by atoms with Gasteiger partial charge < -0.3 is 25.3 Å². The second-order valence-corrected chi connectivity index (χ2v) is 7.03. The number of piperidine rings is 1. The Kier molecular flexibility index (Phi) is 4.65. The van der Waals surface area contributed by atoms with Crippen molar-refractivity contribution in [1.29, 1.82) is 5.26 Å². The van der Waals surface area contributed by atoms with Crippen LogP contribution >= 0.6 is 0 Å². The summed E-state index contributed by atoms with van der Waals surface area (Å²) >= 11 is 0. The van der Waals surface area contributed by atoms with Crippen molar-refractivity contribution < 1.29 is 4.74 Å². The van der Waals surface area contributed by atoms with E-state index in [1.165, 1.54) is 6.20 Å². The normalized spacial score (nSPS) is 16.8. The van der Waals surface area contributed by atoms with E-state index in [9.17, 15) is 0 Å². The van der Waals surface area contributed by atoms with Crippen LogP contribution in [0.4, 0.5) is 17.5 Å². The Hall–Kier alpha value is -3.47. The van der Waals surface area contributed by atoms with Crippen molar-refractivity contribution in [2.75, 3.05) is 36.1 Å². The number of nitrogens with two attached hydrogens (primary N) is 1. The zero-order valence-electron chi connectivity index (χ0n) is 16.0. The maximum absolute atomic E-state index is 9.11. The fourth-order valence-electron chi connectivity index (χ4n) is 3.74. The minimum absolute atomic E-state index is 0.226. The van der Waals surface area contributed by atoms with E-state index in [4.69, 9.17) is 20.7 Å². The summed E-state index contributed by atoms with van der Waals surface area (Å²) in [6.07, 6.45) is 3.63. The van der Waals surface area contributed by atoms with Gasteiger partial charge in [0, 0.05) is 37.9 Å². The predicted molar refractivity (Wildman–Crippen MR) is 109 cm³/mol. The van der Waals surface area contributed by atoms with E-state index < -0.39 is 0 Å². The molecule has 28 heavy (non-hydrogen) atoms. The second-order valence-electron chi connectivity index (χ2n) is 7.03. The summed E-state index contributed by atoms with van der Waals surface area (Å²) in [4.78, 5) is 11.4. The van der Waals surface area contributed by atoms with Crippen molar-refractivity contribution in [3.05, 3.63) is 36.0 Å². The third-order valence-corrected chi connectivity index (χ3v) is 5.14. The van der Waals surface area contributed by atoms with Crippen LogP contribution in [0.2, 0.25) is 0 Å². The van der Waals surface area contributed by atoms with Crippen LogP contribution in [0.3, 0.4) is 0 Å². The number of anilines is 3. The van der Waals surface area contributed by atoms with E-state index in [-0.39, 0.29) is 6.04 Å². The van der Waals surface area contributed by atoms with E-state index in [0.29, 0.717) is 17.1 Å². The van der Waals surface area contributed by atoms with Crippen LogP contribution in [0.25, 0.3) is 11.0 Å². The molecule has 1 aliphatic rings. The van der Waals surface area contributed by atoms with Crippen LogP contribution in [0.5, 0.6) is 5.75 Å². The van der Waals surface area contributed by atoms with Crippen molar-refractivity contribution in [3.63, 3.8) is 0 Å². The van der Waals surface area contributed by atoms with Crippen LogP contribution < -0.4 is 20.7 Å². The van der Waals surface area contributed by atoms with Crippen LogP contribution in [0.15, 0.2) is 30.5 Å². The Balaban J connectivity index is 1.54. The van der Waals surface area contributed by atoms with E-state index in [2.05, 4.69) is 25.8 Å². The summed E-state index contributed by atoms with van der Waals surface area (Å²) in [5.41, 5.74) is 9.03. The van der Waals surface area contributed by atoms with Crippen LogP contribution in [0, 0.1) is 11.3 Å². The molecule has 3 aromatic rings. The highest BCUT2D eigenvalue weighted by Gasteiger charge is 2.24. The Bertz CT molecular complexity index is 1050. The molecule has 4 rings (SSSR count). The van der Waals surface area contributed by atoms with Gasteiger partial charge >= 0.3 is 0 Å². The van der Waals surface area contributed by atoms with Gasteiger partial charge in [-0.15, -0.1) is 0 Å². The van der Waals surface area contributed by atoms with E-state index >= 15 is 0 Å². The lowest BCUT2D eigenvalue weighted by Gasteiger charge is -2.34. The fourth-order valence-corrected chi connectivity index (χ4v) is 3.74. The average Bonchev–Trinajstić information content (AvgIpc) is 3.03. The molecule has 2 aromatic heterocycles. The van der Waals surface area contributed by atoms with Gasteiger partial charge in [0.1, 0.15) is 23.2 Å². The Morgan fingerprint density at radius 3 is 3.00 bits per heavy atom. The number of benzene rings is 1. The second kappa shape index (κ2) is 7.27. The lowest BCUT2D eigenvalue weighted by molar-refractivity contribution is 0.413. The van der Waals surface area contributed by atoms with Gasteiger partial charge in [-0.3, -0.25) is 0 Å². The van der Waals surface area contributed by atoms with Crippen LogP contribution in [-0.2, 0) is 7.05 Å². The first kappa shape index (κ1) is 17.9. The summed E-state index contributed by atoms with van der Waals surface area (Å²) < 4.78 is 7.39. The highest BCUT2D eigenvalue weighted by molar-refractivity contribution is 5.82. The molecule has 0 radical (unpaired) electrons. The third kappa shape index (κ3) is 3.27. The van der Waals surface area contributed by atoms with Crippen molar-refractivity contribution in [1.82, 2.24) is 14.5 Å². The topological polar surface area (TPSA) is 105 Å². The third-order valence-electron chi connectivity index (χ3n) is 5.14. The summed E-state index contributed by atoms with van der Waals surface area (Å²) in [5.74, 6) is 2.18. The molecule has 0 amide bonds. The number of nitriles is 1. The van der Waals surface area contributed by atoms with E-state index in [0.717, 1.165) is 48.6 Å². The van der Waals surface area contributed by atoms with Gasteiger partial charge in [0.05, 0.1) is 24.3 Å². The highest BCUT2D eigenvalue weighted by Crippen LogP contribution is 2.27. The zero-order valence-corrected chi connectivity index (χ0v) is 16.0. The highest BCUT2D eigenvalue weighted by atomic mass is 16.5. The first-order valence-corrected chi connectivity index (χ1v) is 9.26. The quantitative estimate of drug-likeness (QED) is 0.673. The minimum Gasteiger partial charge on any atom is -0.495 e. The number of hydrogen-bond donors (Lipinski definition) is 2. The number of methoxy groups -OCH3 is 1. The Labute approximate surface area is 163 Å². The van der Waals surface area contributed by atoms with Gasteiger partial charge in [0.25, 0.3) is 0 Å². The van der Waals surface area contributed by atoms with Gasteiger partial charge in [0.15, 0.2) is 0 Å². The molecular formula is C20H23N7O. The molecule has 0 aliphatic carbocycles. The maximum atomic E-state index is 9.11. The molecule has 1 unspecified atom stereocenters. The summed E-state index contributed by atoms with van der Waals surface area (Å²) in [7, 11) is 3.59. The zero-order chi connectivity index (χ0) is 19.7. The number of pyridine rings is 1. The van der Waals surface area contributed by atoms with Crippen molar-refractivity contribution in [3.8, 4) is 11.8 Å². The average molecular weight is 377 g/mol. The van der Waals surface area contributed by atoms with Crippen molar-refractivity contribution >= 4 is 28.5 Å². The van der Waals surface area contributed by atoms with Gasteiger partial charge in [-0.25, -0.2) is 9.97 Å². The molecule has 0 spiro atoms. The van der Waals surface area contributed by atoms with Crippen LogP contribution in [-0.4, -0.2) is 40.8 Å². The maximum Gasteiger partial charge on any atom is 0.206 e. The van der Waals surface area contributed by atoms with Gasteiger partial charge in [0.2, 0.25) is 5.95 Å². The molecule has 1 fully saturated rings. The summed E-state index contributed by atoms with van der Waals surface area (Å²) in [6.45, 7) is 1.77. The molecule has 8 heteroatoms. The number of nitrogens with one attached hydrogen (secondary N) is 1. The number of imidazole rings is 1. The van der Waals surface area contributed by atoms with E-state index in [1.807, 2.05) is 25.2 Å². The number of aromatic nitrogens is 3. The van der Waals surface area contributed by atoms with Crippen molar-refractivity contribution in [2.45, 2.75) is 18.9 Å². The first-order valence-electron chi connectivity index (χ1n) is 9.26. The SMILES string of the molecule is COc1cc(NC2CCCN(c3nc4cc(N)ccc4n3C)C2)ncc1C#N. The molecule has 8 nitrogen and oxygen atoms in total. The number of fused-ring (bicyclic) bond motifs is 1. The molecule has 3 heterocycles. The van der Waals surface area contributed by atoms with Gasteiger partial charge in [-0.1, -0.05) is 0 Å². The molecule has 3 N–H and O–H groups in total. The predicted octanol–water partition coefficient (Wildman–Crippen LogP) is 2.51. The van der Waals surface area contributed by atoms with E-state index in [1.54, 1.807) is 13.2 Å². The number of nitrogens with zero attached hydrogens (tertiary/aromatic N) is 5. The minimum atomic E-state index is 0.226. The van der Waals surface area contributed by atoms with Crippen LogP contribution in [0.1, 0.15) is 18.4 Å². The lowest BCUT2D eigenvalue weighted by atomic mass is 10.1. The summed E-state index contributed by atoms with van der Waals surface area (Å²) in [6, 6.07) is 9.90. The molecule has 144 valence electrons. The molecule has 1 atom stereocenters. The molecule has 0 saturated carbocycles. The molecule has 0 bridgehead atoms. The summed E-state index contributed by atoms with van der Waals surface area (Å²) in [5, 5.41) is 12.6. The lowest BCUT2D eigenvalue weighted by Crippen LogP contribution is -2.43. The Morgan fingerprint density at radius 2 is 2.21 bits per heavy atom. The number of ether oxygens (including phenoxy) is 1. The standard InChI is InChI=1S/C20H23N7O/c1-26-17-6-5-14(22)8-16(17)25-20(26)27-7-3-4-15(12-27)24-19-9-18(28-2)13(10-21)11-23-19/h5-6,8-9,11,15H,3-4,7,12,22H2,1-2H3,(H,23,24). The molecule has 1 aromatic carbocycles. The number of nitrogen functional groups attached to an aromatic ring is 1. The molecule has 1 saturated heterocycles. The molecule has 1 aliphatic heterocycles. The van der Waals surface area contributed by atoms with Gasteiger partial charge in [-0.05, 0) is 31.0 Å². The smallest absolute Gasteiger partial charge is 0.206 e.